The van der Waals surface area contributed by atoms with E-state index in [1.165, 1.54) is 12.3 Å². The Bertz CT molecular complexity index is 619. The third kappa shape index (κ3) is 2.29. The summed E-state index contributed by atoms with van der Waals surface area (Å²) in [5.74, 6) is -1.58. The van der Waals surface area contributed by atoms with Crippen molar-refractivity contribution in [1.82, 2.24) is 4.37 Å². The second-order valence-electron chi connectivity index (χ2n) is 3.34. The van der Waals surface area contributed by atoms with Crippen molar-refractivity contribution >= 4 is 44.3 Å². The molecule has 1 amide bonds. The van der Waals surface area contributed by atoms with Crippen LogP contribution in [0.1, 0.15) is 26.4 Å². The number of nitrogens with zero attached hydrogens (tertiary/aromatic N) is 1. The van der Waals surface area contributed by atoms with Crippen LogP contribution < -0.4 is 5.32 Å². The maximum Gasteiger partial charge on any atom is 0.340 e. The fourth-order valence-corrected chi connectivity index (χ4v) is 2.54. The van der Waals surface area contributed by atoms with Crippen molar-refractivity contribution in [3.63, 3.8) is 0 Å². The number of rotatable bonds is 3. The van der Waals surface area contributed by atoms with Crippen molar-refractivity contribution in [3.8, 4) is 0 Å². The van der Waals surface area contributed by atoms with Gasteiger partial charge in [-0.25, -0.2) is 4.79 Å². The number of hydrogen-bond acceptors (Lipinski definition) is 5. The van der Waals surface area contributed by atoms with Gasteiger partial charge in [-0.15, -0.1) is 0 Å². The van der Waals surface area contributed by atoms with E-state index in [0.29, 0.717) is 5.69 Å². The summed E-state index contributed by atoms with van der Waals surface area (Å²) in [5, 5.41) is 11.7. The maximum absolute atomic E-state index is 11.9. The number of carboxylic acid groups (broad SMARTS) is 1. The summed E-state index contributed by atoms with van der Waals surface area (Å²) in [5.41, 5.74) is 0.666. The average molecular weight is 331 g/mol. The molecule has 94 valence electrons. The number of aromatic nitrogens is 1. The topological polar surface area (TPSA) is 92.4 Å². The largest absolute Gasteiger partial charge is 0.478 e. The van der Waals surface area contributed by atoms with Gasteiger partial charge in [-0.05, 0) is 40.5 Å². The highest BCUT2D eigenvalue weighted by molar-refractivity contribution is 9.10. The first kappa shape index (κ1) is 12.8. The molecular weight excluding hydrogens is 324 g/mol. The van der Waals surface area contributed by atoms with Gasteiger partial charge >= 0.3 is 5.97 Å². The van der Waals surface area contributed by atoms with Gasteiger partial charge in [0, 0.05) is 0 Å². The smallest absolute Gasteiger partial charge is 0.340 e. The number of anilines is 1. The Morgan fingerprint density at radius 1 is 1.56 bits per heavy atom. The molecule has 2 aromatic rings. The van der Waals surface area contributed by atoms with Gasteiger partial charge in [-0.3, -0.25) is 4.79 Å². The lowest BCUT2D eigenvalue weighted by molar-refractivity contribution is 0.0697. The highest BCUT2D eigenvalue weighted by Gasteiger charge is 2.21. The number of aryl methyl sites for hydroxylation is 1. The Balaban J connectivity index is 2.28. The second-order valence-corrected chi connectivity index (χ2v) is 4.83. The van der Waals surface area contributed by atoms with E-state index in [-0.39, 0.29) is 20.8 Å². The molecule has 0 aliphatic heterocycles. The first-order valence-corrected chi connectivity index (χ1v) is 6.31. The zero-order valence-corrected chi connectivity index (χ0v) is 11.5. The van der Waals surface area contributed by atoms with Crippen LogP contribution in [-0.4, -0.2) is 21.4 Å². The molecule has 0 aliphatic rings. The molecule has 2 aromatic heterocycles. The number of carboxylic acids is 1. The maximum atomic E-state index is 11.9. The minimum atomic E-state index is -1.12. The van der Waals surface area contributed by atoms with Crippen LogP contribution in [0.4, 0.5) is 5.00 Å². The molecule has 0 saturated carbocycles. The van der Waals surface area contributed by atoms with Crippen molar-refractivity contribution in [2.75, 3.05) is 5.32 Å². The highest BCUT2D eigenvalue weighted by Crippen LogP contribution is 2.26. The van der Waals surface area contributed by atoms with Gasteiger partial charge in [0.2, 0.25) is 0 Å². The van der Waals surface area contributed by atoms with E-state index >= 15 is 0 Å². The molecule has 0 fully saturated rings. The quantitative estimate of drug-likeness (QED) is 0.902. The third-order valence-corrected chi connectivity index (χ3v) is 3.63. The van der Waals surface area contributed by atoms with Crippen LogP contribution in [0.15, 0.2) is 21.4 Å². The molecule has 6 nitrogen and oxygen atoms in total. The standard InChI is InChI=1S/C10H7BrN2O4S/c1-4-6(10(15)16)9(18-13-4)12-8(14)5-2-3-17-7(5)11/h2-3H,1H3,(H,12,14)(H,15,16). The molecule has 0 aromatic carbocycles. The van der Waals surface area contributed by atoms with E-state index in [1.807, 2.05) is 0 Å². The van der Waals surface area contributed by atoms with Crippen molar-refractivity contribution in [2.24, 2.45) is 0 Å². The van der Waals surface area contributed by atoms with Crippen LogP contribution in [0, 0.1) is 6.92 Å². The minimum Gasteiger partial charge on any atom is -0.478 e. The second kappa shape index (κ2) is 4.91. The number of carbonyl (C=O) groups is 2. The van der Waals surface area contributed by atoms with Crippen molar-refractivity contribution in [2.45, 2.75) is 6.92 Å². The highest BCUT2D eigenvalue weighted by atomic mass is 79.9. The van der Waals surface area contributed by atoms with Crippen LogP contribution in [0.25, 0.3) is 0 Å². The average Bonchev–Trinajstić information content (AvgIpc) is 2.85. The van der Waals surface area contributed by atoms with Crippen LogP contribution in [-0.2, 0) is 0 Å². The summed E-state index contributed by atoms with van der Waals surface area (Å²) in [4.78, 5) is 22.9. The molecule has 0 unspecified atom stereocenters. The zero-order valence-electron chi connectivity index (χ0n) is 9.06. The molecule has 2 N–H and O–H groups in total. The fourth-order valence-electron chi connectivity index (χ4n) is 1.33. The van der Waals surface area contributed by atoms with E-state index in [4.69, 9.17) is 9.52 Å². The molecule has 0 bridgehead atoms. The summed E-state index contributed by atoms with van der Waals surface area (Å²) in [7, 11) is 0. The number of hydrogen-bond donors (Lipinski definition) is 2. The first-order valence-electron chi connectivity index (χ1n) is 4.74. The van der Waals surface area contributed by atoms with E-state index in [1.54, 1.807) is 6.92 Å². The van der Waals surface area contributed by atoms with E-state index in [0.717, 1.165) is 11.5 Å². The molecule has 2 rings (SSSR count). The van der Waals surface area contributed by atoms with Crippen LogP contribution in [0.2, 0.25) is 0 Å². The molecule has 2 heterocycles. The number of amides is 1. The minimum absolute atomic E-state index is 0.00738. The van der Waals surface area contributed by atoms with Crippen molar-refractivity contribution < 1.29 is 19.1 Å². The number of aromatic carboxylic acids is 1. The van der Waals surface area contributed by atoms with E-state index < -0.39 is 11.9 Å². The predicted octanol–water partition coefficient (Wildman–Crippen LogP) is 2.76. The Labute approximate surface area is 114 Å². The van der Waals surface area contributed by atoms with E-state index in [2.05, 4.69) is 25.6 Å². The van der Waals surface area contributed by atoms with Gasteiger partial charge in [0.15, 0.2) is 4.67 Å². The van der Waals surface area contributed by atoms with Crippen LogP contribution >= 0.6 is 27.5 Å². The molecule has 0 atom stereocenters. The molecule has 8 heteroatoms. The number of nitrogens with one attached hydrogen (secondary N) is 1. The molecule has 0 spiro atoms. The van der Waals surface area contributed by atoms with Gasteiger partial charge in [-0.2, -0.15) is 4.37 Å². The normalized spacial score (nSPS) is 10.3. The molecule has 0 radical (unpaired) electrons. The monoisotopic (exact) mass is 330 g/mol. The zero-order chi connectivity index (χ0) is 13.3. The predicted molar refractivity (Wildman–Crippen MR) is 68.2 cm³/mol. The number of halogens is 1. The number of furan rings is 1. The van der Waals surface area contributed by atoms with Gasteiger partial charge in [-0.1, -0.05) is 0 Å². The molecule has 18 heavy (non-hydrogen) atoms. The summed E-state index contributed by atoms with van der Waals surface area (Å²) in [6.45, 7) is 1.57. The first-order chi connectivity index (χ1) is 8.50. The van der Waals surface area contributed by atoms with Gasteiger partial charge < -0.3 is 14.8 Å². The Hall–Kier alpha value is -1.67. The van der Waals surface area contributed by atoms with Gasteiger partial charge in [0.25, 0.3) is 5.91 Å². The van der Waals surface area contributed by atoms with Gasteiger partial charge in [0.1, 0.15) is 10.6 Å². The lowest BCUT2D eigenvalue weighted by Crippen LogP contribution is -2.13. The molecule has 0 aliphatic carbocycles. The molecule has 0 saturated heterocycles. The lowest BCUT2D eigenvalue weighted by atomic mass is 10.2. The fraction of sp³-hybridized carbons (Fsp3) is 0.100. The van der Waals surface area contributed by atoms with Crippen LogP contribution in [0.3, 0.4) is 0 Å². The molecular formula is C10H7BrN2O4S. The SMILES string of the molecule is Cc1nsc(NC(=O)c2ccoc2Br)c1C(=O)O. The Morgan fingerprint density at radius 2 is 2.28 bits per heavy atom. The lowest BCUT2D eigenvalue weighted by Gasteiger charge is -2.02. The van der Waals surface area contributed by atoms with Crippen molar-refractivity contribution in [3.05, 3.63) is 33.8 Å². The van der Waals surface area contributed by atoms with E-state index in [9.17, 15) is 9.59 Å². The Kier molecular flexibility index (Phi) is 3.48. The Morgan fingerprint density at radius 3 is 2.83 bits per heavy atom. The van der Waals surface area contributed by atoms with Crippen LogP contribution in [0.5, 0.6) is 0 Å². The summed E-state index contributed by atoms with van der Waals surface area (Å²) >= 11 is 4.00. The number of carbonyl (C=O) groups excluding carboxylic acids is 1. The van der Waals surface area contributed by atoms with Crippen molar-refractivity contribution in [1.29, 1.82) is 0 Å². The third-order valence-electron chi connectivity index (χ3n) is 2.17. The summed E-state index contributed by atoms with van der Waals surface area (Å²) in [6, 6.07) is 1.48. The summed E-state index contributed by atoms with van der Waals surface area (Å²) in [6.07, 6.45) is 1.36. The van der Waals surface area contributed by atoms with Gasteiger partial charge in [0.05, 0.1) is 17.5 Å². The summed E-state index contributed by atoms with van der Waals surface area (Å²) < 4.78 is 9.13.